The Morgan fingerprint density at radius 2 is 2.00 bits per heavy atom. The number of pyridine rings is 1. The van der Waals surface area contributed by atoms with E-state index in [4.69, 9.17) is 0 Å². The zero-order valence-electron chi connectivity index (χ0n) is 8.92. The second-order valence-corrected chi connectivity index (χ2v) is 4.15. The van der Waals surface area contributed by atoms with E-state index in [0.717, 1.165) is 30.1 Å². The van der Waals surface area contributed by atoms with Gasteiger partial charge in [0.2, 0.25) is 5.56 Å². The number of aromatic amines is 2. The minimum absolute atomic E-state index is 0.0909. The summed E-state index contributed by atoms with van der Waals surface area (Å²) in [6, 6.07) is 5.12. The summed E-state index contributed by atoms with van der Waals surface area (Å²) in [6.07, 6.45) is 4.55. The minimum Gasteiger partial charge on any atom is -0.340 e. The fraction of sp³-hybridized carbons (Fsp3) is 0.333. The highest BCUT2D eigenvalue weighted by Gasteiger charge is 2.15. The second kappa shape index (κ2) is 3.63. The summed E-state index contributed by atoms with van der Waals surface area (Å²) in [5, 5.41) is 0. The Bertz CT molecular complexity index is 544. The highest BCUT2D eigenvalue weighted by atomic mass is 16.1. The lowest BCUT2D eigenvalue weighted by Gasteiger charge is -2.07. The molecule has 0 unspecified atom stereocenters. The summed E-state index contributed by atoms with van der Waals surface area (Å²) in [5.74, 6) is 0.782. The van der Waals surface area contributed by atoms with E-state index in [2.05, 4.69) is 15.0 Å². The summed E-state index contributed by atoms with van der Waals surface area (Å²) in [4.78, 5) is 21.8. The van der Waals surface area contributed by atoms with Gasteiger partial charge in [-0.3, -0.25) is 4.79 Å². The molecule has 1 aliphatic carbocycles. The lowest BCUT2D eigenvalue weighted by molar-refractivity contribution is 0.667. The molecule has 0 saturated carbocycles. The molecule has 82 valence electrons. The Labute approximate surface area is 92.8 Å². The SMILES string of the molecule is O=c1cccc(-c2nc3c([nH]2)CCCC3)[nH]1. The van der Waals surface area contributed by atoms with Crippen LogP contribution in [0.5, 0.6) is 0 Å². The Hall–Kier alpha value is -1.84. The molecule has 0 fully saturated rings. The third-order valence-electron chi connectivity index (χ3n) is 2.98. The normalized spacial score (nSPS) is 14.8. The molecular weight excluding hydrogens is 202 g/mol. The number of aryl methyl sites for hydroxylation is 2. The van der Waals surface area contributed by atoms with Crippen LogP contribution in [0.25, 0.3) is 11.5 Å². The lowest BCUT2D eigenvalue weighted by Crippen LogP contribution is -2.04. The van der Waals surface area contributed by atoms with Gasteiger partial charge in [-0.05, 0) is 31.7 Å². The summed E-state index contributed by atoms with van der Waals surface area (Å²) in [6.45, 7) is 0. The van der Waals surface area contributed by atoms with Crippen LogP contribution in [-0.2, 0) is 12.8 Å². The standard InChI is InChI=1S/C12H13N3O/c16-11-7-3-6-10(13-11)12-14-8-4-1-2-5-9(8)15-12/h3,6-7H,1-2,4-5H2,(H,13,16)(H,14,15). The van der Waals surface area contributed by atoms with Gasteiger partial charge in [-0.2, -0.15) is 0 Å². The van der Waals surface area contributed by atoms with E-state index in [0.29, 0.717) is 0 Å². The zero-order chi connectivity index (χ0) is 11.0. The lowest BCUT2D eigenvalue weighted by atomic mass is 10.0. The maximum Gasteiger partial charge on any atom is 0.248 e. The Balaban J connectivity index is 2.07. The van der Waals surface area contributed by atoms with Crippen molar-refractivity contribution in [3.8, 4) is 11.5 Å². The van der Waals surface area contributed by atoms with Crippen LogP contribution in [-0.4, -0.2) is 15.0 Å². The number of hydrogen-bond donors (Lipinski definition) is 2. The van der Waals surface area contributed by atoms with E-state index in [9.17, 15) is 4.79 Å². The van der Waals surface area contributed by atoms with Crippen LogP contribution < -0.4 is 5.56 Å². The first-order valence-corrected chi connectivity index (χ1v) is 5.60. The second-order valence-electron chi connectivity index (χ2n) is 4.15. The van der Waals surface area contributed by atoms with Crippen molar-refractivity contribution in [2.75, 3.05) is 0 Å². The summed E-state index contributed by atoms with van der Waals surface area (Å²) in [7, 11) is 0. The quantitative estimate of drug-likeness (QED) is 0.759. The number of aromatic nitrogens is 3. The van der Waals surface area contributed by atoms with E-state index < -0.39 is 0 Å². The van der Waals surface area contributed by atoms with Crippen LogP contribution in [0.15, 0.2) is 23.0 Å². The molecule has 2 heterocycles. The van der Waals surface area contributed by atoms with Crippen molar-refractivity contribution >= 4 is 0 Å². The molecule has 4 heteroatoms. The first kappa shape index (κ1) is 9.39. The monoisotopic (exact) mass is 215 g/mol. The molecular formula is C12H13N3O. The van der Waals surface area contributed by atoms with Crippen molar-refractivity contribution < 1.29 is 0 Å². The molecule has 0 aromatic carbocycles. The predicted molar refractivity (Wildman–Crippen MR) is 61.3 cm³/mol. The number of hydrogen-bond acceptors (Lipinski definition) is 2. The van der Waals surface area contributed by atoms with Crippen molar-refractivity contribution in [3.63, 3.8) is 0 Å². The fourth-order valence-electron chi connectivity index (χ4n) is 2.17. The molecule has 1 aliphatic rings. The number of nitrogens with zero attached hydrogens (tertiary/aromatic N) is 1. The molecule has 4 nitrogen and oxygen atoms in total. The van der Waals surface area contributed by atoms with Crippen LogP contribution in [0.1, 0.15) is 24.2 Å². The third kappa shape index (κ3) is 1.56. The molecule has 0 atom stereocenters. The van der Waals surface area contributed by atoms with Gasteiger partial charge in [-0.1, -0.05) is 6.07 Å². The third-order valence-corrected chi connectivity index (χ3v) is 2.98. The van der Waals surface area contributed by atoms with Crippen molar-refractivity contribution in [1.82, 2.24) is 15.0 Å². The van der Waals surface area contributed by atoms with Gasteiger partial charge in [-0.15, -0.1) is 0 Å². The van der Waals surface area contributed by atoms with Gasteiger partial charge < -0.3 is 9.97 Å². The molecule has 3 rings (SSSR count). The molecule has 0 aliphatic heterocycles. The van der Waals surface area contributed by atoms with Crippen LogP contribution in [0.3, 0.4) is 0 Å². The van der Waals surface area contributed by atoms with Crippen molar-refractivity contribution in [1.29, 1.82) is 0 Å². The fourth-order valence-corrected chi connectivity index (χ4v) is 2.17. The molecule has 0 radical (unpaired) electrons. The maximum absolute atomic E-state index is 11.2. The van der Waals surface area contributed by atoms with Gasteiger partial charge in [0.25, 0.3) is 0 Å². The van der Waals surface area contributed by atoms with E-state index >= 15 is 0 Å². The molecule has 16 heavy (non-hydrogen) atoms. The van der Waals surface area contributed by atoms with E-state index in [1.807, 2.05) is 6.07 Å². The average molecular weight is 215 g/mol. The highest BCUT2D eigenvalue weighted by Crippen LogP contribution is 2.22. The van der Waals surface area contributed by atoms with E-state index in [1.54, 1.807) is 6.07 Å². The first-order valence-electron chi connectivity index (χ1n) is 5.60. The number of nitrogens with one attached hydrogen (secondary N) is 2. The summed E-state index contributed by atoms with van der Waals surface area (Å²) >= 11 is 0. The number of fused-ring (bicyclic) bond motifs is 1. The van der Waals surface area contributed by atoms with E-state index in [1.165, 1.54) is 24.6 Å². The Morgan fingerprint density at radius 1 is 1.12 bits per heavy atom. The first-order chi connectivity index (χ1) is 7.83. The van der Waals surface area contributed by atoms with Crippen molar-refractivity contribution in [2.24, 2.45) is 0 Å². The van der Waals surface area contributed by atoms with Crippen LogP contribution >= 0.6 is 0 Å². The highest BCUT2D eigenvalue weighted by molar-refractivity contribution is 5.50. The smallest absolute Gasteiger partial charge is 0.248 e. The van der Waals surface area contributed by atoms with Crippen LogP contribution in [0.2, 0.25) is 0 Å². The zero-order valence-corrected chi connectivity index (χ0v) is 8.92. The number of imidazole rings is 1. The van der Waals surface area contributed by atoms with Gasteiger partial charge in [0.1, 0.15) is 0 Å². The molecule has 0 bridgehead atoms. The largest absolute Gasteiger partial charge is 0.340 e. The van der Waals surface area contributed by atoms with Crippen molar-refractivity contribution in [2.45, 2.75) is 25.7 Å². The van der Waals surface area contributed by atoms with Crippen LogP contribution in [0, 0.1) is 0 Å². The van der Waals surface area contributed by atoms with Gasteiger partial charge >= 0.3 is 0 Å². The molecule has 2 aromatic heterocycles. The maximum atomic E-state index is 11.2. The van der Waals surface area contributed by atoms with Gasteiger partial charge in [0, 0.05) is 11.8 Å². The Morgan fingerprint density at radius 3 is 2.81 bits per heavy atom. The predicted octanol–water partition coefficient (Wildman–Crippen LogP) is 1.64. The molecule has 0 spiro atoms. The number of H-pyrrole nitrogens is 2. The molecule has 2 N–H and O–H groups in total. The summed E-state index contributed by atoms with van der Waals surface area (Å²) in [5.41, 5.74) is 3.06. The molecule has 0 amide bonds. The van der Waals surface area contributed by atoms with Crippen LogP contribution in [0.4, 0.5) is 0 Å². The minimum atomic E-state index is -0.0909. The van der Waals surface area contributed by atoms with Gasteiger partial charge in [0.05, 0.1) is 11.4 Å². The van der Waals surface area contributed by atoms with Gasteiger partial charge in [-0.25, -0.2) is 4.98 Å². The molecule has 0 saturated heterocycles. The topological polar surface area (TPSA) is 61.5 Å². The molecule has 2 aromatic rings. The average Bonchev–Trinajstić information content (AvgIpc) is 2.72. The van der Waals surface area contributed by atoms with Crippen molar-refractivity contribution in [3.05, 3.63) is 39.9 Å². The summed E-state index contributed by atoms with van der Waals surface area (Å²) < 4.78 is 0. The van der Waals surface area contributed by atoms with Gasteiger partial charge in [0.15, 0.2) is 5.82 Å². The van der Waals surface area contributed by atoms with E-state index in [-0.39, 0.29) is 5.56 Å². The number of rotatable bonds is 1. The Kier molecular flexibility index (Phi) is 2.13.